The number of hydrogen-bond donors (Lipinski definition) is 3. The zero-order valence-electron chi connectivity index (χ0n) is 17.3. The quantitative estimate of drug-likeness (QED) is 0.255. The second-order valence-corrected chi connectivity index (χ2v) is 10.4. The van der Waals surface area contributed by atoms with Gasteiger partial charge in [0.15, 0.2) is 15.8 Å². The van der Waals surface area contributed by atoms with Crippen LogP contribution in [-0.4, -0.2) is 81.5 Å². The molecule has 2 saturated heterocycles. The minimum Gasteiger partial charge on any atom is -0.356 e. The van der Waals surface area contributed by atoms with Gasteiger partial charge in [0.05, 0.1) is 11.5 Å². The summed E-state index contributed by atoms with van der Waals surface area (Å²) in [4.78, 5) is 18.7. The average Bonchev–Trinajstić information content (AvgIpc) is 2.97. The van der Waals surface area contributed by atoms with E-state index >= 15 is 0 Å². The molecule has 3 N–H and O–H groups in total. The SMILES string of the molecule is CN=C(NCCC(=O)NC1CCS(=O)(=O)C1)NCC(C)(C)N1CCCCC1.I. The molecule has 0 saturated carbocycles. The molecule has 0 radical (unpaired) electrons. The molecule has 2 heterocycles. The van der Waals surface area contributed by atoms with Crippen LogP contribution < -0.4 is 16.0 Å². The summed E-state index contributed by atoms with van der Waals surface area (Å²) in [5.74, 6) is 0.769. The van der Waals surface area contributed by atoms with E-state index in [0.29, 0.717) is 18.9 Å². The lowest BCUT2D eigenvalue weighted by atomic mass is 9.98. The lowest BCUT2D eigenvalue weighted by molar-refractivity contribution is -0.121. The maximum Gasteiger partial charge on any atom is 0.222 e. The Kier molecular flexibility index (Phi) is 10.5. The number of piperidine rings is 1. The van der Waals surface area contributed by atoms with Gasteiger partial charge in [-0.1, -0.05) is 6.42 Å². The molecule has 1 unspecified atom stereocenters. The van der Waals surface area contributed by atoms with Crippen molar-refractivity contribution in [2.75, 3.05) is 44.7 Å². The Morgan fingerprint density at radius 2 is 1.86 bits per heavy atom. The number of aliphatic imine (C=N–C) groups is 1. The summed E-state index contributed by atoms with van der Waals surface area (Å²) in [5, 5.41) is 9.31. The number of hydrogen-bond acceptors (Lipinski definition) is 5. The molecule has 28 heavy (non-hydrogen) atoms. The van der Waals surface area contributed by atoms with Crippen molar-refractivity contribution in [3.05, 3.63) is 0 Å². The Balaban J connectivity index is 0.00000392. The highest BCUT2D eigenvalue weighted by molar-refractivity contribution is 14.0. The topological polar surface area (TPSA) is 103 Å². The summed E-state index contributed by atoms with van der Waals surface area (Å²) >= 11 is 0. The molecule has 0 bridgehead atoms. The van der Waals surface area contributed by atoms with Crippen LogP contribution in [0.15, 0.2) is 4.99 Å². The van der Waals surface area contributed by atoms with Gasteiger partial charge in [-0.25, -0.2) is 8.42 Å². The van der Waals surface area contributed by atoms with Gasteiger partial charge in [0.25, 0.3) is 0 Å². The summed E-state index contributed by atoms with van der Waals surface area (Å²) in [7, 11) is -1.26. The lowest BCUT2D eigenvalue weighted by Crippen LogP contribution is -2.55. The summed E-state index contributed by atoms with van der Waals surface area (Å²) in [5.41, 5.74) is 0.0450. The number of carbonyl (C=O) groups is 1. The minimum atomic E-state index is -2.97. The van der Waals surface area contributed by atoms with Crippen molar-refractivity contribution in [2.45, 2.75) is 57.5 Å². The number of sulfone groups is 1. The van der Waals surface area contributed by atoms with Crippen molar-refractivity contribution in [2.24, 2.45) is 4.99 Å². The molecule has 0 aliphatic carbocycles. The first-order chi connectivity index (χ1) is 12.7. The van der Waals surface area contributed by atoms with Crippen LogP contribution in [-0.2, 0) is 14.6 Å². The van der Waals surface area contributed by atoms with Crippen LogP contribution in [0.2, 0.25) is 0 Å². The van der Waals surface area contributed by atoms with Gasteiger partial charge in [-0.2, -0.15) is 0 Å². The maximum atomic E-state index is 12.0. The summed E-state index contributed by atoms with van der Waals surface area (Å²) in [6.45, 7) is 7.98. The van der Waals surface area contributed by atoms with Gasteiger partial charge in [0, 0.05) is 38.1 Å². The Labute approximate surface area is 186 Å². The van der Waals surface area contributed by atoms with E-state index in [9.17, 15) is 13.2 Å². The van der Waals surface area contributed by atoms with Crippen LogP contribution >= 0.6 is 24.0 Å². The third-order valence-electron chi connectivity index (χ3n) is 5.37. The van der Waals surface area contributed by atoms with Crippen LogP contribution in [0.1, 0.15) is 46.0 Å². The van der Waals surface area contributed by atoms with Crippen molar-refractivity contribution < 1.29 is 13.2 Å². The number of likely N-dealkylation sites (tertiary alicyclic amines) is 1. The van der Waals surface area contributed by atoms with E-state index in [-0.39, 0.29) is 59.4 Å². The number of amides is 1. The van der Waals surface area contributed by atoms with E-state index in [2.05, 4.69) is 39.7 Å². The normalized spacial score (nSPS) is 23.0. The molecule has 2 aliphatic heterocycles. The van der Waals surface area contributed by atoms with Gasteiger partial charge in [-0.15, -0.1) is 24.0 Å². The van der Waals surface area contributed by atoms with Crippen LogP contribution in [0.25, 0.3) is 0 Å². The van der Waals surface area contributed by atoms with Crippen LogP contribution in [0.3, 0.4) is 0 Å². The summed E-state index contributed by atoms with van der Waals surface area (Å²) in [6, 6.07) is -0.245. The number of guanidine groups is 1. The van der Waals surface area contributed by atoms with Gasteiger partial charge in [-0.3, -0.25) is 14.7 Å². The Morgan fingerprint density at radius 1 is 1.18 bits per heavy atom. The van der Waals surface area contributed by atoms with E-state index < -0.39 is 9.84 Å². The molecule has 1 atom stereocenters. The zero-order chi connectivity index (χ0) is 19.9. The minimum absolute atomic E-state index is 0. The fourth-order valence-electron chi connectivity index (χ4n) is 3.63. The van der Waals surface area contributed by atoms with Gasteiger partial charge < -0.3 is 16.0 Å². The van der Waals surface area contributed by atoms with Crippen molar-refractivity contribution >= 4 is 45.7 Å². The maximum absolute atomic E-state index is 12.0. The Morgan fingerprint density at radius 3 is 2.43 bits per heavy atom. The molecule has 0 aromatic rings. The monoisotopic (exact) mass is 529 g/mol. The molecule has 2 aliphatic rings. The molecule has 2 fully saturated rings. The summed E-state index contributed by atoms with van der Waals surface area (Å²) < 4.78 is 22.9. The summed E-state index contributed by atoms with van der Waals surface area (Å²) in [6.07, 6.45) is 4.63. The molecule has 164 valence electrons. The molecule has 0 aromatic carbocycles. The highest BCUT2D eigenvalue weighted by Gasteiger charge is 2.29. The predicted octanol–water partition coefficient (Wildman–Crippen LogP) is 0.727. The highest BCUT2D eigenvalue weighted by atomic mass is 127. The number of carbonyl (C=O) groups excluding carboxylic acids is 1. The predicted molar refractivity (Wildman–Crippen MR) is 124 cm³/mol. The largest absolute Gasteiger partial charge is 0.356 e. The fraction of sp³-hybridized carbons (Fsp3) is 0.889. The molecule has 0 aromatic heterocycles. The van der Waals surface area contributed by atoms with Crippen molar-refractivity contribution in [1.29, 1.82) is 0 Å². The van der Waals surface area contributed by atoms with Crippen molar-refractivity contribution in [3.63, 3.8) is 0 Å². The van der Waals surface area contributed by atoms with Crippen molar-refractivity contribution in [1.82, 2.24) is 20.9 Å². The zero-order valence-corrected chi connectivity index (χ0v) is 20.4. The van der Waals surface area contributed by atoms with Gasteiger partial charge in [0.1, 0.15) is 0 Å². The van der Waals surface area contributed by atoms with E-state index in [4.69, 9.17) is 0 Å². The second kappa shape index (κ2) is 11.5. The smallest absolute Gasteiger partial charge is 0.222 e. The molecule has 10 heteroatoms. The number of nitrogens with zero attached hydrogens (tertiary/aromatic N) is 2. The van der Waals surface area contributed by atoms with E-state index in [1.54, 1.807) is 7.05 Å². The van der Waals surface area contributed by atoms with E-state index in [1.807, 2.05) is 0 Å². The first-order valence-corrected chi connectivity index (χ1v) is 11.7. The Bertz CT molecular complexity index is 633. The van der Waals surface area contributed by atoms with E-state index in [0.717, 1.165) is 19.6 Å². The molecule has 2 rings (SSSR count). The first-order valence-electron chi connectivity index (χ1n) is 9.91. The van der Waals surface area contributed by atoms with Crippen molar-refractivity contribution in [3.8, 4) is 0 Å². The fourth-order valence-corrected chi connectivity index (χ4v) is 5.31. The molecule has 8 nitrogen and oxygen atoms in total. The van der Waals surface area contributed by atoms with Crippen LogP contribution in [0.5, 0.6) is 0 Å². The third kappa shape index (κ3) is 8.40. The number of rotatable bonds is 7. The first kappa shape index (κ1) is 25.4. The average molecular weight is 529 g/mol. The highest BCUT2D eigenvalue weighted by Crippen LogP contribution is 2.19. The van der Waals surface area contributed by atoms with Gasteiger partial charge >= 0.3 is 0 Å². The van der Waals surface area contributed by atoms with E-state index in [1.165, 1.54) is 19.3 Å². The Hall–Kier alpha value is -0.620. The van der Waals surface area contributed by atoms with Crippen LogP contribution in [0.4, 0.5) is 0 Å². The second-order valence-electron chi connectivity index (χ2n) is 8.13. The van der Waals surface area contributed by atoms with Gasteiger partial charge in [0.2, 0.25) is 5.91 Å². The third-order valence-corrected chi connectivity index (χ3v) is 7.13. The van der Waals surface area contributed by atoms with Crippen LogP contribution in [0, 0.1) is 0 Å². The van der Waals surface area contributed by atoms with Gasteiger partial charge in [-0.05, 0) is 46.2 Å². The molecular weight excluding hydrogens is 493 g/mol. The standard InChI is InChI=1S/C18H35N5O3S.HI/c1-18(2,23-10-5-4-6-11-23)14-21-17(19-3)20-9-7-16(24)22-15-8-12-27(25,26)13-15;/h15H,4-14H2,1-3H3,(H,22,24)(H2,19,20,21);1H. The molecule has 1 amide bonds. The molecule has 0 spiro atoms. The number of halogens is 1. The molecular formula is C18H36IN5O3S. The lowest BCUT2D eigenvalue weighted by Gasteiger charge is -2.41. The number of nitrogens with one attached hydrogen (secondary N) is 3.